The van der Waals surface area contributed by atoms with Gasteiger partial charge in [0.05, 0.1) is 25.9 Å². The third-order valence-corrected chi connectivity index (χ3v) is 5.26. The van der Waals surface area contributed by atoms with E-state index in [0.717, 1.165) is 0 Å². The van der Waals surface area contributed by atoms with E-state index in [-0.39, 0.29) is 12.3 Å². The number of hydrogen-bond acceptors (Lipinski definition) is 6. The van der Waals surface area contributed by atoms with Crippen LogP contribution in [0.1, 0.15) is 11.6 Å². The third-order valence-electron chi connectivity index (χ3n) is 4.77. The van der Waals surface area contributed by atoms with E-state index in [1.54, 1.807) is 42.5 Å². The molecule has 168 valence electrons. The molecule has 3 amide bonds. The van der Waals surface area contributed by atoms with Crippen molar-refractivity contribution in [3.8, 4) is 11.5 Å². The predicted molar refractivity (Wildman–Crippen MR) is 120 cm³/mol. The molecule has 2 aromatic carbocycles. The highest BCUT2D eigenvalue weighted by Gasteiger charge is 2.40. The molecular formula is C22H22BrN3O6. The zero-order chi connectivity index (χ0) is 23.3. The normalized spacial score (nSPS) is 17.6. The van der Waals surface area contributed by atoms with Crippen molar-refractivity contribution < 1.29 is 28.6 Å². The van der Waals surface area contributed by atoms with Crippen LogP contribution in [0.4, 0.5) is 10.5 Å². The Morgan fingerprint density at radius 2 is 1.91 bits per heavy atom. The van der Waals surface area contributed by atoms with E-state index in [9.17, 15) is 14.4 Å². The molecule has 3 N–H and O–H groups in total. The molecule has 9 nitrogen and oxygen atoms in total. The van der Waals surface area contributed by atoms with E-state index < -0.39 is 29.9 Å². The molecule has 1 saturated heterocycles. The van der Waals surface area contributed by atoms with Gasteiger partial charge in [-0.1, -0.05) is 34.6 Å². The van der Waals surface area contributed by atoms with Crippen molar-refractivity contribution in [2.45, 2.75) is 6.04 Å². The Balaban J connectivity index is 1.83. The molecule has 1 fully saturated rings. The molecule has 3 rings (SSSR count). The van der Waals surface area contributed by atoms with Gasteiger partial charge in [-0.2, -0.15) is 0 Å². The first-order chi connectivity index (χ1) is 15.3. The van der Waals surface area contributed by atoms with Crippen molar-refractivity contribution in [3.05, 3.63) is 64.8 Å². The van der Waals surface area contributed by atoms with Crippen LogP contribution in [0.5, 0.6) is 11.5 Å². The Labute approximate surface area is 193 Å². The summed E-state index contributed by atoms with van der Waals surface area (Å²) >= 11 is 3.39. The lowest BCUT2D eigenvalue weighted by atomic mass is 9.88. The molecular weight excluding hydrogens is 482 g/mol. The molecule has 1 aliphatic rings. The second-order valence-electron chi connectivity index (χ2n) is 6.82. The molecule has 1 aliphatic heterocycles. The molecule has 0 saturated carbocycles. The van der Waals surface area contributed by atoms with E-state index in [0.29, 0.717) is 27.2 Å². The third kappa shape index (κ3) is 5.20. The van der Waals surface area contributed by atoms with Crippen molar-refractivity contribution in [1.29, 1.82) is 0 Å². The number of amides is 3. The number of nitrogens with one attached hydrogen (secondary N) is 3. The Morgan fingerprint density at radius 1 is 1.16 bits per heavy atom. The minimum absolute atomic E-state index is 0.199. The number of para-hydroxylation sites is 2. The molecule has 0 radical (unpaired) electrons. The van der Waals surface area contributed by atoms with Crippen LogP contribution in [0.25, 0.3) is 0 Å². The summed E-state index contributed by atoms with van der Waals surface area (Å²) < 4.78 is 16.6. The lowest BCUT2D eigenvalue weighted by Gasteiger charge is -2.33. The molecule has 0 unspecified atom stereocenters. The summed E-state index contributed by atoms with van der Waals surface area (Å²) in [4.78, 5) is 36.9. The molecule has 0 aromatic heterocycles. The molecule has 10 heteroatoms. The van der Waals surface area contributed by atoms with Gasteiger partial charge in [-0.3, -0.25) is 9.59 Å². The summed E-state index contributed by atoms with van der Waals surface area (Å²) in [6, 6.07) is 10.7. The minimum Gasteiger partial charge on any atom is -0.495 e. The minimum atomic E-state index is -0.892. The van der Waals surface area contributed by atoms with Crippen molar-refractivity contribution in [1.82, 2.24) is 10.6 Å². The van der Waals surface area contributed by atoms with Gasteiger partial charge in [-0.15, -0.1) is 0 Å². The number of methoxy groups -OCH3 is 2. The second kappa shape index (κ2) is 10.2. The lowest BCUT2D eigenvalue weighted by Crippen LogP contribution is -2.51. The number of rotatable bonds is 7. The summed E-state index contributed by atoms with van der Waals surface area (Å²) in [6.07, 6.45) is 0. The van der Waals surface area contributed by atoms with Crippen molar-refractivity contribution >= 4 is 39.5 Å². The highest BCUT2D eigenvalue weighted by atomic mass is 79.9. The van der Waals surface area contributed by atoms with E-state index in [2.05, 4.69) is 38.5 Å². The van der Waals surface area contributed by atoms with Gasteiger partial charge in [0.25, 0.3) is 5.91 Å². The van der Waals surface area contributed by atoms with E-state index in [4.69, 9.17) is 14.2 Å². The van der Waals surface area contributed by atoms with Crippen molar-refractivity contribution in [3.63, 3.8) is 0 Å². The number of carbonyl (C=O) groups is 3. The first-order valence-corrected chi connectivity index (χ1v) is 10.3. The van der Waals surface area contributed by atoms with Gasteiger partial charge in [0, 0.05) is 15.7 Å². The van der Waals surface area contributed by atoms with Gasteiger partial charge in [-0.25, -0.2) is 4.79 Å². The highest BCUT2D eigenvalue weighted by Crippen LogP contribution is 2.37. The molecule has 0 spiro atoms. The number of halogens is 1. The summed E-state index contributed by atoms with van der Waals surface area (Å²) in [5.74, 6) is -1.05. The zero-order valence-corrected chi connectivity index (χ0v) is 19.0. The topological polar surface area (TPSA) is 115 Å². The lowest BCUT2D eigenvalue weighted by molar-refractivity contribution is -0.145. The highest BCUT2D eigenvalue weighted by molar-refractivity contribution is 9.10. The molecule has 0 aliphatic carbocycles. The quantitative estimate of drug-likeness (QED) is 0.500. The first kappa shape index (κ1) is 23.1. The van der Waals surface area contributed by atoms with Crippen LogP contribution < -0.4 is 25.4 Å². The van der Waals surface area contributed by atoms with Crippen LogP contribution in [0.3, 0.4) is 0 Å². The molecule has 2 atom stereocenters. The Morgan fingerprint density at radius 3 is 2.62 bits per heavy atom. The van der Waals surface area contributed by atoms with E-state index in [1.807, 2.05) is 0 Å². The number of benzene rings is 2. The maximum absolute atomic E-state index is 12.5. The van der Waals surface area contributed by atoms with E-state index in [1.165, 1.54) is 14.2 Å². The number of ether oxygens (including phenoxy) is 3. The van der Waals surface area contributed by atoms with Gasteiger partial charge in [0.15, 0.2) is 6.61 Å². The standard InChI is InChI=1S/C22H22BrN3O6/c1-12-19(21(28)31-3)20(26-22(29)24-12)14-10-13(23)8-9-16(14)32-11-18(27)25-15-6-4-5-7-17(15)30-2/h4-10,19-20H,1,11H2,2-3H3,(H,25,27)(H2,24,26,29)/t19-,20+/m0/s1. The predicted octanol–water partition coefficient (Wildman–Crippen LogP) is 3.13. The van der Waals surface area contributed by atoms with Crippen molar-refractivity contribution in [2.24, 2.45) is 5.92 Å². The van der Waals surface area contributed by atoms with Crippen LogP contribution in [-0.4, -0.2) is 38.7 Å². The van der Waals surface area contributed by atoms with Gasteiger partial charge in [-0.05, 0) is 30.3 Å². The summed E-state index contributed by atoms with van der Waals surface area (Å²) in [6.45, 7) is 3.47. The summed E-state index contributed by atoms with van der Waals surface area (Å²) in [5.41, 5.74) is 1.19. The summed E-state index contributed by atoms with van der Waals surface area (Å²) in [5, 5.41) is 7.93. The van der Waals surface area contributed by atoms with Crippen LogP contribution in [0.2, 0.25) is 0 Å². The Hall–Kier alpha value is -3.53. The first-order valence-electron chi connectivity index (χ1n) is 9.53. The van der Waals surface area contributed by atoms with Crippen LogP contribution in [-0.2, 0) is 14.3 Å². The fourth-order valence-electron chi connectivity index (χ4n) is 3.32. The second-order valence-corrected chi connectivity index (χ2v) is 7.74. The van der Waals surface area contributed by atoms with Gasteiger partial charge >= 0.3 is 12.0 Å². The molecule has 0 bridgehead atoms. The molecule has 1 heterocycles. The number of hydrogen-bond donors (Lipinski definition) is 3. The van der Waals surface area contributed by atoms with Gasteiger partial charge < -0.3 is 30.2 Å². The maximum Gasteiger partial charge on any atom is 0.319 e. The summed E-state index contributed by atoms with van der Waals surface area (Å²) in [7, 11) is 2.76. The number of urea groups is 1. The van der Waals surface area contributed by atoms with Crippen molar-refractivity contribution in [2.75, 3.05) is 26.1 Å². The molecule has 32 heavy (non-hydrogen) atoms. The fourth-order valence-corrected chi connectivity index (χ4v) is 3.70. The Bertz CT molecular complexity index is 1060. The fraction of sp³-hybridized carbons (Fsp3) is 0.227. The average molecular weight is 504 g/mol. The van der Waals surface area contributed by atoms with Crippen LogP contribution in [0, 0.1) is 5.92 Å². The van der Waals surface area contributed by atoms with E-state index >= 15 is 0 Å². The average Bonchev–Trinajstić information content (AvgIpc) is 2.77. The molecule has 2 aromatic rings. The van der Waals surface area contributed by atoms with Crippen LogP contribution >= 0.6 is 15.9 Å². The van der Waals surface area contributed by atoms with Gasteiger partial charge in [0.1, 0.15) is 17.4 Å². The number of esters is 1. The van der Waals surface area contributed by atoms with Crippen LogP contribution in [0.15, 0.2) is 59.2 Å². The van der Waals surface area contributed by atoms with Gasteiger partial charge in [0.2, 0.25) is 0 Å². The smallest absolute Gasteiger partial charge is 0.319 e. The Kier molecular flexibility index (Phi) is 7.37. The largest absolute Gasteiger partial charge is 0.495 e. The maximum atomic E-state index is 12.5. The monoisotopic (exact) mass is 503 g/mol. The number of carbonyl (C=O) groups excluding carboxylic acids is 3. The number of anilines is 1. The zero-order valence-electron chi connectivity index (χ0n) is 17.4. The SMILES string of the molecule is C=C1NC(=O)N[C@H](c2cc(Br)ccc2OCC(=O)Nc2ccccc2OC)[C@H]1C(=O)OC.